The van der Waals surface area contributed by atoms with Crippen molar-refractivity contribution in [3.63, 3.8) is 0 Å². The van der Waals surface area contributed by atoms with Gasteiger partial charge in [0.15, 0.2) is 6.61 Å². The average molecular weight is 408 g/mol. The quantitative estimate of drug-likeness (QED) is 0.657. The van der Waals surface area contributed by atoms with Crippen LogP contribution < -0.4 is 15.4 Å². The number of nitrogens with one attached hydrogen (secondary N) is 2. The molecule has 0 radical (unpaired) electrons. The van der Waals surface area contributed by atoms with Gasteiger partial charge in [-0.1, -0.05) is 12.1 Å². The normalized spacial score (nSPS) is 13.9. The summed E-state index contributed by atoms with van der Waals surface area (Å²) in [5.41, 5.74) is 2.46. The molecule has 8 heteroatoms. The second kappa shape index (κ2) is 8.36. The molecule has 1 unspecified atom stereocenters. The zero-order chi connectivity index (χ0) is 21.1. The van der Waals surface area contributed by atoms with Crippen LogP contribution in [-0.4, -0.2) is 28.0 Å². The Labute approximate surface area is 172 Å². The Hall–Kier alpha value is -3.68. The second-order valence-corrected chi connectivity index (χ2v) is 7.10. The fraction of sp³-hybridized carbons (Fsp3) is 0.227. The molecule has 0 saturated carbocycles. The van der Waals surface area contributed by atoms with Crippen LogP contribution in [0, 0.1) is 5.82 Å². The maximum atomic E-state index is 13.3. The molecule has 0 bridgehead atoms. The molecule has 30 heavy (non-hydrogen) atoms. The smallest absolute Gasteiger partial charge is 0.258 e. The van der Waals surface area contributed by atoms with Gasteiger partial charge in [0, 0.05) is 31.5 Å². The molecule has 2 amide bonds. The van der Waals surface area contributed by atoms with Gasteiger partial charge >= 0.3 is 0 Å². The van der Waals surface area contributed by atoms with E-state index >= 15 is 0 Å². The summed E-state index contributed by atoms with van der Waals surface area (Å²) in [6, 6.07) is 10.7. The van der Waals surface area contributed by atoms with Crippen LogP contribution in [0.4, 0.5) is 10.1 Å². The average Bonchev–Trinajstić information content (AvgIpc) is 3.17. The molecule has 154 valence electrons. The zero-order valence-electron chi connectivity index (χ0n) is 16.4. The van der Waals surface area contributed by atoms with Gasteiger partial charge in [0.25, 0.3) is 5.91 Å². The topological polar surface area (TPSA) is 85.2 Å². The van der Waals surface area contributed by atoms with Crippen LogP contribution in [0.2, 0.25) is 0 Å². The molecule has 2 N–H and O–H groups in total. The Morgan fingerprint density at radius 3 is 2.80 bits per heavy atom. The summed E-state index contributed by atoms with van der Waals surface area (Å²) in [6.07, 6.45) is 4.48. The van der Waals surface area contributed by atoms with E-state index in [-0.39, 0.29) is 24.2 Å². The number of aryl methyl sites for hydroxylation is 2. The first kappa shape index (κ1) is 19.6. The van der Waals surface area contributed by atoms with Gasteiger partial charge in [-0.15, -0.1) is 0 Å². The Kier molecular flexibility index (Phi) is 5.47. The number of anilines is 1. The second-order valence-electron chi connectivity index (χ2n) is 7.10. The van der Waals surface area contributed by atoms with Gasteiger partial charge < -0.3 is 19.9 Å². The molecule has 0 aliphatic carbocycles. The molecule has 1 aliphatic rings. The lowest BCUT2D eigenvalue weighted by Gasteiger charge is -2.20. The number of imidazole rings is 1. The van der Waals surface area contributed by atoms with Crippen LogP contribution in [0.25, 0.3) is 0 Å². The summed E-state index contributed by atoms with van der Waals surface area (Å²) < 4.78 is 20.8. The largest absolute Gasteiger partial charge is 0.484 e. The number of amides is 2. The van der Waals surface area contributed by atoms with Crippen molar-refractivity contribution in [2.75, 3.05) is 11.9 Å². The van der Waals surface area contributed by atoms with Crippen molar-refractivity contribution in [1.29, 1.82) is 0 Å². The number of carbonyl (C=O) groups excluding carboxylic acids is 2. The molecule has 1 aliphatic heterocycles. The van der Waals surface area contributed by atoms with Crippen molar-refractivity contribution in [1.82, 2.24) is 14.9 Å². The summed E-state index contributed by atoms with van der Waals surface area (Å²) in [6.45, 7) is -0.187. The highest BCUT2D eigenvalue weighted by Gasteiger charge is 2.21. The number of aromatic nitrogens is 2. The number of fused-ring (bicyclic) bond motifs is 1. The van der Waals surface area contributed by atoms with E-state index in [4.69, 9.17) is 4.74 Å². The fourth-order valence-electron chi connectivity index (χ4n) is 3.41. The SMILES string of the molecule is Cn1ccnc1C(NC(=O)COc1ccc2c(c1)CCC(=O)N2)c1ccc(F)cc1. The van der Waals surface area contributed by atoms with Crippen LogP contribution >= 0.6 is 0 Å². The molecule has 7 nitrogen and oxygen atoms in total. The monoisotopic (exact) mass is 408 g/mol. The van der Waals surface area contributed by atoms with Crippen molar-refractivity contribution in [2.24, 2.45) is 7.05 Å². The zero-order valence-corrected chi connectivity index (χ0v) is 16.4. The predicted octanol–water partition coefficient (Wildman–Crippen LogP) is 2.73. The molecular formula is C22H21FN4O3. The summed E-state index contributed by atoms with van der Waals surface area (Å²) in [5, 5.41) is 5.72. The van der Waals surface area contributed by atoms with Gasteiger partial charge in [-0.3, -0.25) is 9.59 Å². The van der Waals surface area contributed by atoms with Crippen molar-refractivity contribution < 1.29 is 18.7 Å². The van der Waals surface area contributed by atoms with Crippen molar-refractivity contribution in [2.45, 2.75) is 18.9 Å². The maximum absolute atomic E-state index is 13.3. The molecule has 1 aromatic heterocycles. The Bertz CT molecular complexity index is 1080. The van der Waals surface area contributed by atoms with E-state index in [1.165, 1.54) is 12.1 Å². The number of rotatable bonds is 6. The highest BCUT2D eigenvalue weighted by molar-refractivity contribution is 5.94. The van der Waals surface area contributed by atoms with Crippen LogP contribution in [0.3, 0.4) is 0 Å². The third-order valence-corrected chi connectivity index (χ3v) is 4.97. The lowest BCUT2D eigenvalue weighted by molar-refractivity contribution is -0.123. The van der Waals surface area contributed by atoms with Crippen LogP contribution in [0.1, 0.15) is 29.4 Å². The van der Waals surface area contributed by atoms with Crippen molar-refractivity contribution in [3.05, 3.63) is 77.6 Å². The Balaban J connectivity index is 1.45. The number of carbonyl (C=O) groups is 2. The highest BCUT2D eigenvalue weighted by Crippen LogP contribution is 2.27. The van der Waals surface area contributed by atoms with Crippen molar-refractivity contribution in [3.8, 4) is 5.75 Å². The third-order valence-electron chi connectivity index (χ3n) is 4.97. The molecule has 0 fully saturated rings. The number of hydrogen-bond donors (Lipinski definition) is 2. The van der Waals surface area contributed by atoms with Crippen LogP contribution in [0.5, 0.6) is 5.75 Å². The summed E-state index contributed by atoms with van der Waals surface area (Å²) in [4.78, 5) is 28.4. The molecule has 0 saturated heterocycles. The molecule has 4 rings (SSSR count). The molecule has 3 aromatic rings. The lowest BCUT2D eigenvalue weighted by Crippen LogP contribution is -2.34. The minimum absolute atomic E-state index is 0.00309. The van der Waals surface area contributed by atoms with E-state index in [1.807, 2.05) is 13.1 Å². The number of benzene rings is 2. The minimum Gasteiger partial charge on any atom is -0.484 e. The van der Waals surface area contributed by atoms with E-state index in [0.29, 0.717) is 30.0 Å². The van der Waals surface area contributed by atoms with E-state index in [0.717, 1.165) is 11.3 Å². The van der Waals surface area contributed by atoms with Gasteiger partial charge in [-0.25, -0.2) is 9.37 Å². The van der Waals surface area contributed by atoms with Gasteiger partial charge in [0.05, 0.1) is 0 Å². The maximum Gasteiger partial charge on any atom is 0.258 e. The first-order chi connectivity index (χ1) is 14.5. The van der Waals surface area contributed by atoms with E-state index in [2.05, 4.69) is 15.6 Å². The molecular weight excluding hydrogens is 387 g/mol. The number of hydrogen-bond acceptors (Lipinski definition) is 4. The molecule has 2 heterocycles. The van der Waals surface area contributed by atoms with Crippen molar-refractivity contribution >= 4 is 17.5 Å². The minimum atomic E-state index is -0.541. The van der Waals surface area contributed by atoms with E-state index in [1.54, 1.807) is 41.2 Å². The lowest BCUT2D eigenvalue weighted by atomic mass is 10.0. The number of halogens is 1. The van der Waals surface area contributed by atoms with Crippen LogP contribution in [-0.2, 0) is 23.1 Å². The highest BCUT2D eigenvalue weighted by atomic mass is 19.1. The summed E-state index contributed by atoms with van der Waals surface area (Å²) >= 11 is 0. The van der Waals surface area contributed by atoms with E-state index in [9.17, 15) is 14.0 Å². The summed E-state index contributed by atoms with van der Waals surface area (Å²) in [7, 11) is 1.83. The molecule has 1 atom stereocenters. The van der Waals surface area contributed by atoms with Gasteiger partial charge in [0.2, 0.25) is 5.91 Å². The van der Waals surface area contributed by atoms with Gasteiger partial charge in [-0.2, -0.15) is 0 Å². The molecule has 0 spiro atoms. The first-order valence-corrected chi connectivity index (χ1v) is 9.57. The first-order valence-electron chi connectivity index (χ1n) is 9.57. The third kappa shape index (κ3) is 4.32. The predicted molar refractivity (Wildman–Crippen MR) is 108 cm³/mol. The number of ether oxygens (including phenoxy) is 1. The number of nitrogens with zero attached hydrogens (tertiary/aromatic N) is 2. The summed E-state index contributed by atoms with van der Waals surface area (Å²) in [5.74, 6) is 0.487. The Morgan fingerprint density at radius 1 is 1.27 bits per heavy atom. The standard InChI is InChI=1S/C22H21FN4O3/c1-27-11-10-24-22(27)21(14-2-5-16(23)6-3-14)26-20(29)13-30-17-7-8-18-15(12-17)4-9-19(28)25-18/h2-3,5-8,10-12,21H,4,9,13H2,1H3,(H,25,28)(H,26,29). The molecule has 2 aromatic carbocycles. The van der Waals surface area contributed by atoms with Crippen LogP contribution in [0.15, 0.2) is 54.9 Å². The fourth-order valence-corrected chi connectivity index (χ4v) is 3.41. The Morgan fingerprint density at radius 2 is 2.07 bits per heavy atom. The van der Waals surface area contributed by atoms with Gasteiger partial charge in [-0.05, 0) is 47.9 Å². The van der Waals surface area contributed by atoms with E-state index < -0.39 is 6.04 Å². The van der Waals surface area contributed by atoms with Gasteiger partial charge in [0.1, 0.15) is 23.4 Å².